The van der Waals surface area contributed by atoms with E-state index in [2.05, 4.69) is 21.3 Å². The number of nitrogens with zero attached hydrogens (tertiary/aromatic N) is 3. The van der Waals surface area contributed by atoms with Gasteiger partial charge in [-0.3, -0.25) is 33.6 Å². The highest BCUT2D eigenvalue weighted by Crippen LogP contribution is 2.49. The Kier molecular flexibility index (Phi) is 17.6. The molecule has 62 heavy (non-hydrogen) atoms. The first-order valence-electron chi connectivity index (χ1n) is 22.8. The Hall–Kier alpha value is -4.12. The van der Waals surface area contributed by atoms with E-state index in [4.69, 9.17) is 27.3 Å². The molecule has 1 saturated heterocycles. The zero-order valence-corrected chi connectivity index (χ0v) is 38.1. The minimum Gasteiger partial charge on any atom is -0.344 e. The molecule has 0 radical (unpaired) electrons. The van der Waals surface area contributed by atoms with E-state index < -0.39 is 109 Å². The molecule has 4 N–H and O–H groups in total. The first-order valence-corrected chi connectivity index (χ1v) is 22.0. The third-order valence-corrected chi connectivity index (χ3v) is 12.4. The number of likely N-dealkylation sites (N-methyl/N-ethyl adjacent to an activating group) is 3. The summed E-state index contributed by atoms with van der Waals surface area (Å²) in [7, 11) is 2.85. The zero-order chi connectivity index (χ0) is 49.2. The number of nitrogens with one attached hydrogen (secondary N) is 4. The van der Waals surface area contributed by atoms with Crippen molar-refractivity contribution in [3.8, 4) is 0 Å². The molecule has 19 heteroatoms. The Bertz CT molecular complexity index is 1890. The average molecular weight is 922 g/mol. The fourth-order valence-electron chi connectivity index (χ4n) is 7.90. The van der Waals surface area contributed by atoms with Crippen molar-refractivity contribution in [1.29, 1.82) is 0 Å². The summed E-state index contributed by atoms with van der Waals surface area (Å²) >= 11 is 12.8. The molecule has 0 bridgehead atoms. The SMILES string of the molecule is [2H]C([2H])([2H])N(C(=O)[C@H](C)NC(=O)[C@H](CC)NC(=O)C1(C(F)(F)F)CCCCC1)[C@H]1CCCCN(C)C(=O)[C@@H](CC)NC(=O)[C@H](Cc2cc(Cl)ccc2Cl)N(C)C(=O)[C@H](CC(C)C)NC1=O. The molecule has 348 valence electrons. The molecule has 14 nitrogen and oxygen atoms in total. The minimum atomic E-state index is -4.89. The summed E-state index contributed by atoms with van der Waals surface area (Å²) in [6.07, 6.45) is -5.09. The van der Waals surface area contributed by atoms with Crippen molar-refractivity contribution in [3.63, 3.8) is 0 Å². The van der Waals surface area contributed by atoms with E-state index in [0.29, 0.717) is 21.9 Å². The van der Waals surface area contributed by atoms with Gasteiger partial charge in [0.2, 0.25) is 41.4 Å². The highest BCUT2D eigenvalue weighted by Gasteiger charge is 2.60. The van der Waals surface area contributed by atoms with Crippen LogP contribution in [-0.2, 0) is 40.0 Å². The standard InChI is InChI=1S/C43H64Cl2F3N7O7/c1-9-30(52-41(62)42(43(46,47)48)19-13-11-14-20-42)35(56)49-26(5)38(59)54(7)33-16-12-15-21-53(6)39(60)31(10-2)50-37(58)34(24-27-23-28(44)17-18-29(27)45)55(8)40(61)32(22-25(3)4)51-36(33)57/h17-18,23,25-26,30-34H,9-16,19-22,24H2,1-8H3,(H,49,56)(H,50,58)(H,51,57)(H,52,62)/t26-,30-,31+,32-,33-,34-/m0/s1/i7D3. The Labute approximate surface area is 377 Å². The summed E-state index contributed by atoms with van der Waals surface area (Å²) in [6.45, 7) is 4.60. The number of amides is 7. The summed E-state index contributed by atoms with van der Waals surface area (Å²) in [6, 6.07) is -4.06. The molecule has 6 atom stereocenters. The molecular weight excluding hydrogens is 854 g/mol. The topological polar surface area (TPSA) is 177 Å². The second kappa shape index (κ2) is 23.0. The molecule has 0 aromatic heterocycles. The number of benzene rings is 1. The van der Waals surface area contributed by atoms with Crippen LogP contribution >= 0.6 is 23.2 Å². The predicted octanol–water partition coefficient (Wildman–Crippen LogP) is 5.17. The van der Waals surface area contributed by atoms with Crippen LogP contribution in [0.3, 0.4) is 0 Å². The molecule has 1 aliphatic carbocycles. The normalized spacial score (nSPS) is 24.2. The number of halogens is 5. The molecule has 0 unspecified atom stereocenters. The number of rotatable bonds is 12. The molecule has 1 aliphatic heterocycles. The van der Waals surface area contributed by atoms with E-state index in [-0.39, 0.29) is 75.3 Å². The summed E-state index contributed by atoms with van der Waals surface area (Å²) in [5, 5.41) is 10.5. The maximum absolute atomic E-state index is 14.5. The van der Waals surface area contributed by atoms with Gasteiger partial charge in [-0.2, -0.15) is 13.2 Å². The predicted molar refractivity (Wildman–Crippen MR) is 230 cm³/mol. The number of carbonyl (C=O) groups is 7. The summed E-state index contributed by atoms with van der Waals surface area (Å²) in [4.78, 5) is 101. The molecule has 2 aliphatic rings. The molecule has 3 rings (SSSR count). The number of hydrogen-bond donors (Lipinski definition) is 4. The lowest BCUT2D eigenvalue weighted by Gasteiger charge is -2.38. The third-order valence-electron chi connectivity index (χ3n) is 11.8. The van der Waals surface area contributed by atoms with Crippen LogP contribution in [0.2, 0.25) is 10.0 Å². The van der Waals surface area contributed by atoms with Crippen molar-refractivity contribution < 1.29 is 50.8 Å². The third kappa shape index (κ3) is 13.2. The van der Waals surface area contributed by atoms with E-state index in [0.717, 1.165) is 11.8 Å². The van der Waals surface area contributed by atoms with Crippen LogP contribution in [0.25, 0.3) is 0 Å². The van der Waals surface area contributed by atoms with Crippen LogP contribution in [0.15, 0.2) is 18.2 Å². The van der Waals surface area contributed by atoms with Crippen LogP contribution in [0, 0.1) is 11.3 Å². The summed E-state index contributed by atoms with van der Waals surface area (Å²) in [5.74, 6) is -6.87. The van der Waals surface area contributed by atoms with E-state index >= 15 is 0 Å². The Morgan fingerprint density at radius 1 is 0.935 bits per heavy atom. The van der Waals surface area contributed by atoms with Gasteiger partial charge in [-0.1, -0.05) is 70.2 Å². The maximum atomic E-state index is 14.5. The van der Waals surface area contributed by atoms with Gasteiger partial charge in [0.05, 0.1) is 0 Å². The van der Waals surface area contributed by atoms with E-state index in [9.17, 15) is 46.7 Å². The molecule has 1 aromatic carbocycles. The minimum absolute atomic E-state index is 0.00266. The van der Waals surface area contributed by atoms with Gasteiger partial charge in [-0.05, 0) is 88.0 Å². The fourth-order valence-corrected chi connectivity index (χ4v) is 8.29. The lowest BCUT2D eigenvalue weighted by Crippen LogP contribution is -2.60. The molecule has 0 spiro atoms. The lowest BCUT2D eigenvalue weighted by molar-refractivity contribution is -0.230. The lowest BCUT2D eigenvalue weighted by atomic mass is 9.72. The van der Waals surface area contributed by atoms with Gasteiger partial charge in [0.15, 0.2) is 0 Å². The smallest absolute Gasteiger partial charge is 0.344 e. The van der Waals surface area contributed by atoms with Crippen LogP contribution in [0.4, 0.5) is 13.2 Å². The number of alkyl halides is 3. The Balaban J connectivity index is 2.04. The van der Waals surface area contributed by atoms with Gasteiger partial charge < -0.3 is 36.0 Å². The quantitative estimate of drug-likeness (QED) is 0.224. The van der Waals surface area contributed by atoms with Crippen LogP contribution in [-0.4, -0.2) is 126 Å². The Morgan fingerprint density at radius 3 is 2.16 bits per heavy atom. The highest BCUT2D eigenvalue weighted by atomic mass is 35.5. The molecular formula is C43H64Cl2F3N7O7. The van der Waals surface area contributed by atoms with Gasteiger partial charge >= 0.3 is 6.18 Å². The van der Waals surface area contributed by atoms with E-state index in [1.165, 1.54) is 38.1 Å². The van der Waals surface area contributed by atoms with E-state index in [1.807, 2.05) is 0 Å². The second-order valence-corrected chi connectivity index (χ2v) is 17.7. The molecule has 1 aromatic rings. The average Bonchev–Trinajstić information content (AvgIpc) is 3.23. The van der Waals surface area contributed by atoms with E-state index in [1.54, 1.807) is 26.8 Å². The van der Waals surface area contributed by atoms with Crippen molar-refractivity contribution in [3.05, 3.63) is 33.8 Å². The molecule has 1 heterocycles. The van der Waals surface area contributed by atoms with Gasteiger partial charge in [0.25, 0.3) is 0 Å². The van der Waals surface area contributed by atoms with Gasteiger partial charge in [0.1, 0.15) is 41.7 Å². The van der Waals surface area contributed by atoms with Crippen molar-refractivity contribution in [2.45, 2.75) is 154 Å². The van der Waals surface area contributed by atoms with Crippen LogP contribution < -0.4 is 21.3 Å². The maximum Gasteiger partial charge on any atom is 0.403 e. The fraction of sp³-hybridized carbons (Fsp3) is 0.698. The van der Waals surface area contributed by atoms with Crippen molar-refractivity contribution in [2.75, 3.05) is 27.6 Å². The monoisotopic (exact) mass is 920 g/mol. The van der Waals surface area contributed by atoms with Crippen molar-refractivity contribution in [2.24, 2.45) is 11.3 Å². The zero-order valence-electron chi connectivity index (χ0n) is 39.6. The summed E-state index contributed by atoms with van der Waals surface area (Å²) < 4.78 is 68.3. The first-order chi connectivity index (χ1) is 30.2. The molecule has 7 amide bonds. The molecule has 2 fully saturated rings. The molecule has 1 saturated carbocycles. The van der Waals surface area contributed by atoms with Crippen LogP contribution in [0.5, 0.6) is 0 Å². The van der Waals surface area contributed by atoms with Gasteiger partial charge in [0, 0.05) is 48.2 Å². The number of carbonyl (C=O) groups excluding carboxylic acids is 7. The largest absolute Gasteiger partial charge is 0.403 e. The second-order valence-electron chi connectivity index (χ2n) is 16.8. The highest BCUT2D eigenvalue weighted by molar-refractivity contribution is 6.33. The summed E-state index contributed by atoms with van der Waals surface area (Å²) in [5.41, 5.74) is -2.29. The Morgan fingerprint density at radius 2 is 1.58 bits per heavy atom. The van der Waals surface area contributed by atoms with Gasteiger partial charge in [-0.25, -0.2) is 0 Å². The van der Waals surface area contributed by atoms with Crippen molar-refractivity contribution >= 4 is 64.6 Å². The first kappa shape index (κ1) is 47.4. The van der Waals surface area contributed by atoms with Gasteiger partial charge in [-0.15, -0.1) is 0 Å². The van der Waals surface area contributed by atoms with Crippen molar-refractivity contribution in [1.82, 2.24) is 36.0 Å². The number of hydrogen-bond acceptors (Lipinski definition) is 7. The van der Waals surface area contributed by atoms with Crippen LogP contribution in [0.1, 0.15) is 115 Å².